The third-order valence-electron chi connectivity index (χ3n) is 5.03. The Labute approximate surface area is 200 Å². The van der Waals surface area contributed by atoms with E-state index in [1.807, 2.05) is 6.07 Å². The lowest BCUT2D eigenvalue weighted by Crippen LogP contribution is -2.44. The molecule has 5 nitrogen and oxygen atoms in total. The Morgan fingerprint density at radius 2 is 1.73 bits per heavy atom. The van der Waals surface area contributed by atoms with Gasteiger partial charge in [-0.2, -0.15) is 0 Å². The molecule has 2 aromatic rings. The highest BCUT2D eigenvalue weighted by Crippen LogP contribution is 2.39. The Morgan fingerprint density at radius 3 is 2.40 bits per heavy atom. The van der Waals surface area contributed by atoms with Crippen LogP contribution in [0.2, 0.25) is 0 Å². The molecule has 0 aromatic heterocycles. The second-order valence-corrected chi connectivity index (χ2v) is 9.55. The Kier molecular flexibility index (Phi) is 6.33. The van der Waals surface area contributed by atoms with Crippen molar-refractivity contribution >= 4 is 63.2 Å². The van der Waals surface area contributed by atoms with Gasteiger partial charge in [-0.25, -0.2) is 14.0 Å². The molecule has 0 atom stereocenters. The first-order valence-electron chi connectivity index (χ1n) is 9.40. The van der Waals surface area contributed by atoms with Crippen molar-refractivity contribution in [3.05, 3.63) is 66.1 Å². The number of hydrogen-bond donors (Lipinski definition) is 0. The summed E-state index contributed by atoms with van der Waals surface area (Å²) in [6.45, 7) is 0.0114. The van der Waals surface area contributed by atoms with Crippen molar-refractivity contribution in [3.8, 4) is 5.75 Å². The Hall–Kier alpha value is -1.69. The van der Waals surface area contributed by atoms with E-state index < -0.39 is 17.7 Å². The third-order valence-corrected chi connectivity index (χ3v) is 6.45. The summed E-state index contributed by atoms with van der Waals surface area (Å²) in [4.78, 5) is 25.2. The average molecular weight is 634 g/mol. The van der Waals surface area contributed by atoms with Gasteiger partial charge >= 0.3 is 11.9 Å². The molecule has 1 saturated heterocycles. The molecule has 0 amide bonds. The zero-order valence-corrected chi connectivity index (χ0v) is 20.1. The summed E-state index contributed by atoms with van der Waals surface area (Å²) >= 11 is 4.25. The second kappa shape index (κ2) is 8.81. The van der Waals surface area contributed by atoms with Gasteiger partial charge in [0.2, 0.25) is 0 Å². The minimum Gasteiger partial charge on any atom is -0.487 e. The predicted molar refractivity (Wildman–Crippen MR) is 124 cm³/mol. The monoisotopic (exact) mass is 634 g/mol. The quantitative estimate of drug-likeness (QED) is 0.196. The number of hydrogen-bond acceptors (Lipinski definition) is 5. The number of halogens is 3. The molecule has 0 bridgehead atoms. The van der Waals surface area contributed by atoms with E-state index in [4.69, 9.17) is 14.2 Å². The van der Waals surface area contributed by atoms with Crippen LogP contribution in [0, 0.1) is 13.0 Å². The van der Waals surface area contributed by atoms with E-state index in [0.717, 1.165) is 20.0 Å². The van der Waals surface area contributed by atoms with Gasteiger partial charge in [-0.15, -0.1) is 0 Å². The first-order valence-corrected chi connectivity index (χ1v) is 11.6. The van der Waals surface area contributed by atoms with Crippen molar-refractivity contribution in [1.29, 1.82) is 0 Å². The minimum absolute atomic E-state index is 0.0114. The van der Waals surface area contributed by atoms with Crippen LogP contribution >= 0.6 is 45.2 Å². The van der Waals surface area contributed by atoms with Crippen molar-refractivity contribution in [2.75, 3.05) is 0 Å². The lowest BCUT2D eigenvalue weighted by molar-refractivity contribution is -0.232. The molecular formula is C22H17FI2O5. The average Bonchev–Trinajstić information content (AvgIpc) is 3.12. The first kappa shape index (κ1) is 21.5. The first-order chi connectivity index (χ1) is 14.4. The Balaban J connectivity index is 1.64. The van der Waals surface area contributed by atoms with Crippen molar-refractivity contribution in [1.82, 2.24) is 0 Å². The van der Waals surface area contributed by atoms with Gasteiger partial charge in [-0.3, -0.25) is 0 Å². The fourth-order valence-electron chi connectivity index (χ4n) is 3.55. The molecule has 1 aliphatic heterocycles. The predicted octanol–water partition coefficient (Wildman–Crippen LogP) is 5.37. The summed E-state index contributed by atoms with van der Waals surface area (Å²) in [5, 5.41) is 0. The van der Waals surface area contributed by atoms with E-state index in [1.54, 1.807) is 24.3 Å². The maximum absolute atomic E-state index is 14.0. The molecule has 1 saturated carbocycles. The van der Waals surface area contributed by atoms with Gasteiger partial charge in [0.25, 0.3) is 5.79 Å². The van der Waals surface area contributed by atoms with Crippen molar-refractivity contribution in [2.24, 2.45) is 0 Å². The number of benzene rings is 2. The van der Waals surface area contributed by atoms with E-state index >= 15 is 0 Å². The summed E-state index contributed by atoms with van der Waals surface area (Å²) in [6.07, 6.45) is 4.17. The number of carbonyl (C=O) groups excluding carboxylic acids is 2. The number of ether oxygens (including phenoxy) is 3. The lowest BCUT2D eigenvalue weighted by Gasteiger charge is -2.32. The van der Waals surface area contributed by atoms with Crippen LogP contribution in [0.1, 0.15) is 36.8 Å². The molecule has 1 spiro atoms. The number of carbonyl (C=O) groups is 2. The summed E-state index contributed by atoms with van der Waals surface area (Å²) in [5.74, 6) is -2.41. The normalized spacial score (nSPS) is 17.6. The molecule has 0 radical (unpaired) electrons. The maximum Gasteiger partial charge on any atom is 0.348 e. The number of esters is 2. The maximum atomic E-state index is 14.0. The van der Waals surface area contributed by atoms with Gasteiger partial charge < -0.3 is 14.2 Å². The summed E-state index contributed by atoms with van der Waals surface area (Å²) in [7, 11) is 0. The van der Waals surface area contributed by atoms with Crippen LogP contribution in [-0.4, -0.2) is 17.7 Å². The van der Waals surface area contributed by atoms with E-state index in [1.165, 1.54) is 12.1 Å². The van der Waals surface area contributed by atoms with Gasteiger partial charge in [0.05, 0.1) is 3.57 Å². The molecular weight excluding hydrogens is 617 g/mol. The highest BCUT2D eigenvalue weighted by atomic mass is 127. The van der Waals surface area contributed by atoms with Crippen LogP contribution in [0.15, 0.2) is 42.0 Å². The van der Waals surface area contributed by atoms with Crippen LogP contribution in [0.25, 0.3) is 6.08 Å². The van der Waals surface area contributed by atoms with Crippen LogP contribution in [0.5, 0.6) is 5.75 Å². The van der Waals surface area contributed by atoms with Crippen LogP contribution in [0.3, 0.4) is 0 Å². The molecule has 2 aromatic carbocycles. The molecule has 156 valence electrons. The minimum atomic E-state index is -1.12. The Morgan fingerprint density at radius 1 is 1.07 bits per heavy atom. The molecule has 2 aliphatic rings. The fraction of sp³-hybridized carbons (Fsp3) is 0.273. The number of rotatable bonds is 4. The van der Waals surface area contributed by atoms with Crippen molar-refractivity contribution in [2.45, 2.75) is 38.1 Å². The molecule has 8 heteroatoms. The summed E-state index contributed by atoms with van der Waals surface area (Å²) in [5.41, 5.74) is 0.750. The van der Waals surface area contributed by atoms with E-state index in [-0.39, 0.29) is 18.0 Å². The smallest absolute Gasteiger partial charge is 0.348 e. The third kappa shape index (κ3) is 4.48. The zero-order valence-electron chi connectivity index (χ0n) is 15.8. The summed E-state index contributed by atoms with van der Waals surface area (Å²) < 4.78 is 32.5. The SMILES string of the molecule is O=C1OC2(CCCC2)OC(=O)C1=Cc1cc(I)cc(I)c1OCc1ccccc1F. The molecule has 4 rings (SSSR count). The fourth-order valence-corrected chi connectivity index (χ4v) is 5.59. The van der Waals surface area contributed by atoms with Gasteiger partial charge in [-0.1, -0.05) is 18.2 Å². The molecule has 30 heavy (non-hydrogen) atoms. The largest absolute Gasteiger partial charge is 0.487 e. The molecule has 2 fully saturated rings. The highest BCUT2D eigenvalue weighted by molar-refractivity contribution is 14.1. The molecule has 0 unspecified atom stereocenters. The standard InChI is InChI=1S/C22H17FI2O5/c23-17-6-2-1-5-13(17)12-28-19-14(9-15(24)11-18(19)25)10-16-20(26)29-22(30-21(16)27)7-3-4-8-22/h1-2,5-6,9-11H,3-4,7-8,12H2. The Bertz CT molecular complexity index is 1020. The van der Waals surface area contributed by atoms with Crippen molar-refractivity contribution in [3.63, 3.8) is 0 Å². The van der Waals surface area contributed by atoms with Crippen LogP contribution in [-0.2, 0) is 25.7 Å². The zero-order chi connectivity index (χ0) is 21.3. The lowest BCUT2D eigenvalue weighted by atomic mass is 10.1. The summed E-state index contributed by atoms with van der Waals surface area (Å²) in [6, 6.07) is 10.0. The van der Waals surface area contributed by atoms with E-state index in [0.29, 0.717) is 29.7 Å². The van der Waals surface area contributed by atoms with Gasteiger partial charge in [0.15, 0.2) is 0 Å². The van der Waals surface area contributed by atoms with Crippen LogP contribution in [0.4, 0.5) is 4.39 Å². The van der Waals surface area contributed by atoms with E-state index in [2.05, 4.69) is 45.2 Å². The topological polar surface area (TPSA) is 61.8 Å². The molecule has 1 aliphatic carbocycles. The van der Waals surface area contributed by atoms with Crippen molar-refractivity contribution < 1.29 is 28.2 Å². The molecule has 1 heterocycles. The molecule has 0 N–H and O–H groups in total. The second-order valence-electron chi connectivity index (χ2n) is 7.14. The highest BCUT2D eigenvalue weighted by Gasteiger charge is 2.48. The van der Waals surface area contributed by atoms with Crippen LogP contribution < -0.4 is 4.74 Å². The van der Waals surface area contributed by atoms with Gasteiger partial charge in [0, 0.05) is 27.5 Å². The van der Waals surface area contributed by atoms with Gasteiger partial charge in [-0.05, 0) is 82.3 Å². The van der Waals surface area contributed by atoms with E-state index in [9.17, 15) is 14.0 Å². The van der Waals surface area contributed by atoms with Gasteiger partial charge in [0.1, 0.15) is 23.7 Å².